The Morgan fingerprint density at radius 3 is 2.95 bits per heavy atom. The molecule has 2 aromatic rings. The van der Waals surface area contributed by atoms with Gasteiger partial charge in [0.15, 0.2) is 5.56 Å². The lowest BCUT2D eigenvalue weighted by atomic mass is 10.1. The van der Waals surface area contributed by atoms with Crippen molar-refractivity contribution in [2.24, 2.45) is 0 Å². The van der Waals surface area contributed by atoms with Crippen molar-refractivity contribution in [3.05, 3.63) is 46.3 Å². The number of carbonyl (C=O) groups is 1. The number of benzene rings is 1. The third-order valence-corrected chi connectivity index (χ3v) is 2.48. The van der Waals surface area contributed by atoms with Crippen LogP contribution in [0.5, 0.6) is 5.75 Å². The first kappa shape index (κ1) is 13.5. The smallest absolute Gasteiger partial charge is 0.285 e. The van der Waals surface area contributed by atoms with Crippen molar-refractivity contribution in [1.82, 2.24) is 10.2 Å². The molecule has 0 bridgehead atoms. The number of hydrogen-bond acceptors (Lipinski definition) is 5. The van der Waals surface area contributed by atoms with E-state index in [9.17, 15) is 14.9 Å². The van der Waals surface area contributed by atoms with E-state index < -0.39 is 10.8 Å². The van der Waals surface area contributed by atoms with Gasteiger partial charge in [0, 0.05) is 12.3 Å². The van der Waals surface area contributed by atoms with Crippen LogP contribution in [0.2, 0.25) is 0 Å². The van der Waals surface area contributed by atoms with Gasteiger partial charge >= 0.3 is 0 Å². The van der Waals surface area contributed by atoms with E-state index in [0.29, 0.717) is 12.3 Å². The number of aromatic amines is 1. The highest BCUT2D eigenvalue weighted by molar-refractivity contribution is 6.09. The number of nitrogens with one attached hydrogen (secondary N) is 2. The van der Waals surface area contributed by atoms with Crippen molar-refractivity contribution >= 4 is 17.3 Å². The molecule has 0 fully saturated rings. The first-order chi connectivity index (χ1) is 9.63. The molecule has 0 aliphatic heterocycles. The maximum atomic E-state index is 12.2. The summed E-state index contributed by atoms with van der Waals surface area (Å²) in [6.45, 7) is 2.03. The van der Waals surface area contributed by atoms with Gasteiger partial charge in [0.25, 0.3) is 11.6 Å². The summed E-state index contributed by atoms with van der Waals surface area (Å²) in [5.74, 6) is -0.454. The van der Waals surface area contributed by atoms with Gasteiger partial charge in [-0.25, -0.2) is 0 Å². The minimum atomic E-state index is -0.623. The normalized spacial score (nSPS) is 10.1. The van der Waals surface area contributed by atoms with Crippen LogP contribution < -0.4 is 10.1 Å². The zero-order valence-corrected chi connectivity index (χ0v) is 10.6. The number of carbonyl (C=O) groups excluding carboxylic acids is 1. The third kappa shape index (κ3) is 2.74. The van der Waals surface area contributed by atoms with Crippen LogP contribution in [0.3, 0.4) is 0 Å². The number of anilines is 1. The van der Waals surface area contributed by atoms with Gasteiger partial charge in [-0.15, -0.1) is 0 Å². The highest BCUT2D eigenvalue weighted by atomic mass is 16.6. The Kier molecular flexibility index (Phi) is 3.94. The molecule has 0 unspecified atom stereocenters. The summed E-state index contributed by atoms with van der Waals surface area (Å²) in [5.41, 5.74) is -0.00639. The highest BCUT2D eigenvalue weighted by Crippen LogP contribution is 2.29. The summed E-state index contributed by atoms with van der Waals surface area (Å²) in [5, 5.41) is 19.8. The molecule has 1 amide bonds. The molecule has 2 N–H and O–H groups in total. The molecule has 0 atom stereocenters. The van der Waals surface area contributed by atoms with Crippen molar-refractivity contribution in [2.45, 2.75) is 6.92 Å². The SMILES string of the molecule is CCOc1cccc([N+](=O)[O-])c1C(=O)Nc1cn[nH]c1. The van der Waals surface area contributed by atoms with Gasteiger partial charge in [0.05, 0.1) is 23.4 Å². The maximum absolute atomic E-state index is 12.2. The van der Waals surface area contributed by atoms with Gasteiger partial charge in [-0.2, -0.15) is 5.10 Å². The first-order valence-corrected chi connectivity index (χ1v) is 5.83. The number of amides is 1. The second-order valence-corrected chi connectivity index (χ2v) is 3.78. The number of nitro groups is 1. The fraction of sp³-hybridized carbons (Fsp3) is 0.167. The predicted octanol–water partition coefficient (Wildman–Crippen LogP) is 1.97. The molecule has 1 heterocycles. The summed E-state index contributed by atoms with van der Waals surface area (Å²) in [6, 6.07) is 4.24. The average molecular weight is 276 g/mol. The van der Waals surface area contributed by atoms with E-state index in [2.05, 4.69) is 15.5 Å². The number of H-pyrrole nitrogens is 1. The summed E-state index contributed by atoms with van der Waals surface area (Å²) < 4.78 is 5.28. The molecule has 20 heavy (non-hydrogen) atoms. The molecular weight excluding hydrogens is 264 g/mol. The predicted molar refractivity (Wildman–Crippen MR) is 70.8 cm³/mol. The molecule has 0 saturated heterocycles. The lowest BCUT2D eigenvalue weighted by Gasteiger charge is -2.10. The number of ether oxygens (including phenoxy) is 1. The average Bonchev–Trinajstić information content (AvgIpc) is 2.91. The van der Waals surface area contributed by atoms with Gasteiger partial charge < -0.3 is 10.1 Å². The summed E-state index contributed by atoms with van der Waals surface area (Å²) in [6.07, 6.45) is 2.86. The van der Waals surface area contributed by atoms with E-state index in [4.69, 9.17) is 4.74 Å². The van der Waals surface area contributed by atoms with Crippen LogP contribution >= 0.6 is 0 Å². The van der Waals surface area contributed by atoms with Gasteiger partial charge in [0.2, 0.25) is 0 Å². The van der Waals surface area contributed by atoms with Crippen molar-refractivity contribution in [1.29, 1.82) is 0 Å². The summed E-state index contributed by atoms with van der Waals surface area (Å²) in [7, 11) is 0. The molecular formula is C12H12N4O4. The Bertz CT molecular complexity index is 624. The lowest BCUT2D eigenvalue weighted by molar-refractivity contribution is -0.385. The minimum absolute atomic E-state index is 0.111. The van der Waals surface area contributed by atoms with Crippen LogP contribution in [0.1, 0.15) is 17.3 Å². The molecule has 0 radical (unpaired) electrons. The minimum Gasteiger partial charge on any atom is -0.493 e. The molecule has 1 aromatic heterocycles. The standard InChI is InChI=1S/C12H12N4O4/c1-2-20-10-5-3-4-9(16(18)19)11(10)12(17)15-8-6-13-14-7-8/h3-7H,2H2,1H3,(H,13,14)(H,15,17). The lowest BCUT2D eigenvalue weighted by Crippen LogP contribution is -2.15. The molecule has 0 aliphatic carbocycles. The Labute approximate surface area is 113 Å². The Morgan fingerprint density at radius 2 is 2.35 bits per heavy atom. The van der Waals surface area contributed by atoms with E-state index >= 15 is 0 Å². The Morgan fingerprint density at radius 1 is 1.55 bits per heavy atom. The van der Waals surface area contributed by atoms with E-state index in [-0.39, 0.29) is 17.0 Å². The fourth-order valence-corrected chi connectivity index (χ4v) is 1.69. The fourth-order valence-electron chi connectivity index (χ4n) is 1.69. The largest absolute Gasteiger partial charge is 0.493 e. The van der Waals surface area contributed by atoms with Crippen LogP contribution in [-0.2, 0) is 0 Å². The quantitative estimate of drug-likeness (QED) is 0.640. The zero-order valence-electron chi connectivity index (χ0n) is 10.6. The van der Waals surface area contributed by atoms with E-state index in [0.717, 1.165) is 0 Å². The number of hydrogen-bond donors (Lipinski definition) is 2. The van der Waals surface area contributed by atoms with Crippen molar-refractivity contribution in [2.75, 3.05) is 11.9 Å². The maximum Gasteiger partial charge on any atom is 0.285 e. The van der Waals surface area contributed by atoms with Crippen LogP contribution in [0.25, 0.3) is 0 Å². The second kappa shape index (κ2) is 5.83. The van der Waals surface area contributed by atoms with Crippen molar-refractivity contribution in [3.8, 4) is 5.75 Å². The number of nitrogens with zero attached hydrogens (tertiary/aromatic N) is 2. The van der Waals surface area contributed by atoms with Crippen molar-refractivity contribution < 1.29 is 14.5 Å². The zero-order chi connectivity index (χ0) is 14.5. The van der Waals surface area contributed by atoms with Crippen LogP contribution in [0, 0.1) is 10.1 Å². The van der Waals surface area contributed by atoms with Crippen LogP contribution in [0.4, 0.5) is 11.4 Å². The van der Waals surface area contributed by atoms with Gasteiger partial charge in [0.1, 0.15) is 5.75 Å². The van der Waals surface area contributed by atoms with Crippen LogP contribution in [-0.4, -0.2) is 27.6 Å². The van der Waals surface area contributed by atoms with E-state index in [1.165, 1.54) is 30.6 Å². The molecule has 1 aromatic carbocycles. The van der Waals surface area contributed by atoms with Crippen molar-refractivity contribution in [3.63, 3.8) is 0 Å². The first-order valence-electron chi connectivity index (χ1n) is 5.83. The Hall–Kier alpha value is -2.90. The Balaban J connectivity index is 2.41. The third-order valence-electron chi connectivity index (χ3n) is 2.48. The summed E-state index contributed by atoms with van der Waals surface area (Å²) >= 11 is 0. The molecule has 104 valence electrons. The highest BCUT2D eigenvalue weighted by Gasteiger charge is 2.25. The molecule has 0 saturated carbocycles. The molecule has 2 rings (SSSR count). The number of nitro benzene ring substituents is 1. The number of rotatable bonds is 5. The number of aromatic nitrogens is 2. The van der Waals surface area contributed by atoms with Gasteiger partial charge in [-0.05, 0) is 13.0 Å². The van der Waals surface area contributed by atoms with E-state index in [1.807, 2.05) is 0 Å². The topological polar surface area (TPSA) is 110 Å². The monoisotopic (exact) mass is 276 g/mol. The second-order valence-electron chi connectivity index (χ2n) is 3.78. The molecule has 8 heteroatoms. The van der Waals surface area contributed by atoms with Gasteiger partial charge in [-0.1, -0.05) is 6.07 Å². The van der Waals surface area contributed by atoms with E-state index in [1.54, 1.807) is 6.92 Å². The molecule has 8 nitrogen and oxygen atoms in total. The molecule has 0 spiro atoms. The van der Waals surface area contributed by atoms with Crippen LogP contribution in [0.15, 0.2) is 30.6 Å². The molecule has 0 aliphatic rings. The van der Waals surface area contributed by atoms with Gasteiger partial charge in [-0.3, -0.25) is 20.0 Å². The summed E-state index contributed by atoms with van der Waals surface area (Å²) in [4.78, 5) is 22.6.